The molecule has 0 bridgehead atoms. The molecule has 0 radical (unpaired) electrons. The lowest BCUT2D eigenvalue weighted by molar-refractivity contribution is -0.141. The van der Waals surface area contributed by atoms with Gasteiger partial charge in [-0.05, 0) is 55.3 Å². The first-order valence-corrected chi connectivity index (χ1v) is 7.65. The van der Waals surface area contributed by atoms with Gasteiger partial charge in [0.1, 0.15) is 16.7 Å². The summed E-state index contributed by atoms with van der Waals surface area (Å²) in [6.45, 7) is 7.27. The molecule has 1 saturated heterocycles. The third kappa shape index (κ3) is 5.23. The van der Waals surface area contributed by atoms with Crippen molar-refractivity contribution in [2.45, 2.75) is 45.7 Å². The lowest BCUT2D eigenvalue weighted by Crippen LogP contribution is -2.23. The number of ether oxygens (including phenoxy) is 4. The van der Waals surface area contributed by atoms with Crippen LogP contribution in [0.4, 0.5) is 0 Å². The molecule has 0 N–H and O–H groups in total. The van der Waals surface area contributed by atoms with Gasteiger partial charge in [-0.3, -0.25) is 0 Å². The second kappa shape index (κ2) is 7.89. The minimum atomic E-state index is -0.834. The van der Waals surface area contributed by atoms with E-state index >= 15 is 0 Å². The number of carbonyl (C=O) groups excluding carboxylic acids is 2. The zero-order valence-electron chi connectivity index (χ0n) is 13.3. The summed E-state index contributed by atoms with van der Waals surface area (Å²) in [5, 5.41) is 0. The molecule has 2 atom stereocenters. The topological polar surface area (TPSA) is 71.1 Å². The normalized spacial score (nSPS) is 25.0. The Kier molecular flexibility index (Phi) is 6.77. The van der Waals surface area contributed by atoms with Crippen LogP contribution in [0.15, 0.2) is 22.2 Å². The van der Waals surface area contributed by atoms with Gasteiger partial charge in [0.2, 0.25) is 0 Å². The second-order valence-corrected chi connectivity index (χ2v) is 6.02. The summed E-state index contributed by atoms with van der Waals surface area (Å²) in [5.41, 5.74) is 0.642. The Morgan fingerprint density at radius 1 is 1.32 bits per heavy atom. The number of halogens is 1. The van der Waals surface area contributed by atoms with Crippen molar-refractivity contribution < 1.29 is 28.5 Å². The molecule has 1 aliphatic rings. The van der Waals surface area contributed by atoms with E-state index in [0.29, 0.717) is 5.57 Å². The van der Waals surface area contributed by atoms with Gasteiger partial charge in [-0.15, -0.1) is 0 Å². The number of hydrogen-bond donors (Lipinski definition) is 0. The van der Waals surface area contributed by atoms with Gasteiger partial charge in [0.25, 0.3) is 0 Å². The van der Waals surface area contributed by atoms with Crippen LogP contribution in [0.2, 0.25) is 0 Å². The summed E-state index contributed by atoms with van der Waals surface area (Å²) in [5.74, 6) is -1.79. The highest BCUT2D eigenvalue weighted by Gasteiger charge is 2.41. The third-order valence-corrected chi connectivity index (χ3v) is 3.49. The first-order chi connectivity index (χ1) is 10.2. The molecule has 0 aromatic carbocycles. The predicted octanol–water partition coefficient (Wildman–Crippen LogP) is 2.47. The average Bonchev–Trinajstić information content (AvgIpc) is 2.73. The molecule has 0 aromatic heterocycles. The van der Waals surface area contributed by atoms with Crippen molar-refractivity contribution in [1.82, 2.24) is 0 Å². The maximum atomic E-state index is 11.7. The molecule has 1 fully saturated rings. The van der Waals surface area contributed by atoms with E-state index in [0.717, 1.165) is 0 Å². The summed E-state index contributed by atoms with van der Waals surface area (Å²) >= 11 is 3.17. The lowest BCUT2D eigenvalue weighted by Gasteiger charge is -2.17. The third-order valence-electron chi connectivity index (χ3n) is 2.91. The highest BCUT2D eigenvalue weighted by molar-refractivity contribution is 9.12. The van der Waals surface area contributed by atoms with Crippen LogP contribution < -0.4 is 0 Å². The van der Waals surface area contributed by atoms with Crippen molar-refractivity contribution in [1.29, 1.82) is 0 Å². The quantitative estimate of drug-likeness (QED) is 0.542. The summed E-state index contributed by atoms with van der Waals surface area (Å²) < 4.78 is 21.3. The van der Waals surface area contributed by atoms with Crippen molar-refractivity contribution in [2.75, 3.05) is 13.7 Å². The number of methoxy groups -OCH3 is 1. The van der Waals surface area contributed by atoms with Crippen LogP contribution in [-0.4, -0.2) is 43.7 Å². The molecule has 0 spiro atoms. The van der Waals surface area contributed by atoms with Gasteiger partial charge in [0.15, 0.2) is 5.79 Å². The smallest absolute Gasteiger partial charge is 0.344 e. The monoisotopic (exact) mass is 376 g/mol. The van der Waals surface area contributed by atoms with Gasteiger partial charge < -0.3 is 18.9 Å². The van der Waals surface area contributed by atoms with E-state index in [-0.39, 0.29) is 11.1 Å². The van der Waals surface area contributed by atoms with Crippen LogP contribution in [0.5, 0.6) is 0 Å². The largest absolute Gasteiger partial charge is 0.466 e. The van der Waals surface area contributed by atoms with Crippen LogP contribution in [0.1, 0.15) is 27.7 Å². The van der Waals surface area contributed by atoms with Crippen molar-refractivity contribution in [3.8, 4) is 0 Å². The fourth-order valence-corrected chi connectivity index (χ4v) is 2.38. The standard InChI is InChI=1S/C15H21BrO6/c1-6-20-14(18)10(16)8-11-13(22-15(3,4)21-11)9(2)7-12(17)19-5/h7-8,11,13H,6H2,1-5H3/b9-7+,10-8+/t11-,13-/m0/s1. The minimum Gasteiger partial charge on any atom is -0.466 e. The van der Waals surface area contributed by atoms with Gasteiger partial charge in [0, 0.05) is 6.08 Å². The molecule has 0 amide bonds. The fraction of sp³-hybridized carbons (Fsp3) is 0.600. The van der Waals surface area contributed by atoms with Crippen LogP contribution >= 0.6 is 15.9 Å². The molecule has 0 aliphatic carbocycles. The molecule has 7 heteroatoms. The van der Waals surface area contributed by atoms with E-state index in [1.807, 2.05) is 0 Å². The molecule has 0 aromatic rings. The first-order valence-electron chi connectivity index (χ1n) is 6.86. The number of esters is 2. The van der Waals surface area contributed by atoms with Gasteiger partial charge >= 0.3 is 11.9 Å². The summed E-state index contributed by atoms with van der Waals surface area (Å²) in [4.78, 5) is 23.0. The molecule has 124 valence electrons. The Labute approximate surface area is 138 Å². The Balaban J connectivity index is 2.99. The van der Waals surface area contributed by atoms with E-state index in [9.17, 15) is 9.59 Å². The Morgan fingerprint density at radius 3 is 2.50 bits per heavy atom. The highest BCUT2D eigenvalue weighted by atomic mass is 79.9. The average molecular weight is 377 g/mol. The van der Waals surface area contributed by atoms with Gasteiger partial charge in [-0.2, -0.15) is 0 Å². The van der Waals surface area contributed by atoms with E-state index < -0.39 is 29.9 Å². The number of rotatable bonds is 5. The first kappa shape index (κ1) is 18.9. The Morgan fingerprint density at radius 2 is 1.95 bits per heavy atom. The minimum absolute atomic E-state index is 0.247. The molecule has 6 nitrogen and oxygen atoms in total. The number of hydrogen-bond acceptors (Lipinski definition) is 6. The summed E-state index contributed by atoms with van der Waals surface area (Å²) in [7, 11) is 1.30. The molecule has 22 heavy (non-hydrogen) atoms. The molecular weight excluding hydrogens is 356 g/mol. The highest BCUT2D eigenvalue weighted by Crippen LogP contribution is 2.33. The molecule has 0 unspecified atom stereocenters. The molecule has 1 aliphatic heterocycles. The lowest BCUT2D eigenvalue weighted by atomic mass is 10.1. The zero-order chi connectivity index (χ0) is 16.9. The summed E-state index contributed by atoms with van der Waals surface area (Å²) in [6.07, 6.45) is 1.88. The van der Waals surface area contributed by atoms with Crippen LogP contribution in [0, 0.1) is 0 Å². The second-order valence-electron chi connectivity index (χ2n) is 5.17. The Bertz CT molecular complexity index is 494. The maximum absolute atomic E-state index is 11.7. The molecule has 1 heterocycles. The van der Waals surface area contributed by atoms with Gasteiger partial charge in [0.05, 0.1) is 13.7 Å². The van der Waals surface area contributed by atoms with Gasteiger partial charge in [-0.1, -0.05) is 0 Å². The molecule has 0 saturated carbocycles. The van der Waals surface area contributed by atoms with E-state index in [4.69, 9.17) is 14.2 Å². The fourth-order valence-electron chi connectivity index (χ4n) is 2.00. The van der Waals surface area contributed by atoms with Crippen molar-refractivity contribution in [3.05, 3.63) is 22.2 Å². The summed E-state index contributed by atoms with van der Waals surface area (Å²) in [6, 6.07) is 0. The van der Waals surface area contributed by atoms with Crippen molar-refractivity contribution in [2.24, 2.45) is 0 Å². The van der Waals surface area contributed by atoms with Gasteiger partial charge in [-0.25, -0.2) is 9.59 Å². The van der Waals surface area contributed by atoms with Crippen molar-refractivity contribution in [3.63, 3.8) is 0 Å². The molecule has 1 rings (SSSR count). The molecular formula is C15H21BrO6. The van der Waals surface area contributed by atoms with Crippen molar-refractivity contribution >= 4 is 27.9 Å². The van der Waals surface area contributed by atoms with Crippen LogP contribution in [-0.2, 0) is 28.5 Å². The van der Waals surface area contributed by atoms with E-state index in [1.165, 1.54) is 13.2 Å². The van der Waals surface area contributed by atoms with E-state index in [2.05, 4.69) is 20.7 Å². The zero-order valence-corrected chi connectivity index (χ0v) is 14.9. The van der Waals surface area contributed by atoms with Crippen LogP contribution in [0.3, 0.4) is 0 Å². The maximum Gasteiger partial charge on any atom is 0.344 e. The SMILES string of the molecule is CCOC(=O)/C(Br)=C\[C@@H]1OC(C)(C)O[C@H]1/C(C)=C/C(=O)OC. The Hall–Kier alpha value is -1.18. The van der Waals surface area contributed by atoms with Crippen LogP contribution in [0.25, 0.3) is 0 Å². The number of carbonyl (C=O) groups is 2. The van der Waals surface area contributed by atoms with E-state index in [1.54, 1.807) is 33.8 Å². The predicted molar refractivity (Wildman–Crippen MR) is 83.2 cm³/mol.